The van der Waals surface area contributed by atoms with E-state index in [1.807, 2.05) is 69.9 Å². The smallest absolute Gasteiger partial charge is 0.408 e. The van der Waals surface area contributed by atoms with Crippen molar-refractivity contribution >= 4 is 17.9 Å². The molecule has 2 N–H and O–H groups in total. The molecule has 5 rings (SSSR count). The van der Waals surface area contributed by atoms with Crippen molar-refractivity contribution in [3.05, 3.63) is 84.2 Å². The first-order valence-electron chi connectivity index (χ1n) is 14.5. The van der Waals surface area contributed by atoms with Crippen LogP contribution in [0, 0.1) is 17.0 Å². The number of likely N-dealkylation sites (tertiary alicyclic amines) is 1. The third kappa shape index (κ3) is 8.86. The number of amides is 2. The van der Waals surface area contributed by atoms with Crippen molar-refractivity contribution in [3.8, 4) is 5.75 Å². The molecule has 43 heavy (non-hydrogen) atoms. The number of halogens is 2. The molecule has 3 aromatic rings. The van der Waals surface area contributed by atoms with Gasteiger partial charge in [0.05, 0.1) is 12.1 Å². The fourth-order valence-electron chi connectivity index (χ4n) is 5.13. The molecule has 0 bridgehead atoms. The van der Waals surface area contributed by atoms with E-state index in [0.717, 1.165) is 43.1 Å². The lowest BCUT2D eigenvalue weighted by molar-refractivity contribution is -0.136. The third-order valence-corrected chi connectivity index (χ3v) is 7.16. The van der Waals surface area contributed by atoms with Crippen LogP contribution in [0.4, 0.5) is 19.5 Å². The maximum absolute atomic E-state index is 13.6. The largest absolute Gasteiger partial charge is 0.508 e. The number of fused-ring (bicyclic) bond motifs is 1. The van der Waals surface area contributed by atoms with Crippen molar-refractivity contribution in [1.29, 1.82) is 0 Å². The molecule has 0 saturated carbocycles. The first-order chi connectivity index (χ1) is 20.5. The number of phenolic OH excluding ortho intramolecular Hbond substituents is 1. The Morgan fingerprint density at radius 1 is 0.977 bits per heavy atom. The number of hydrogen-bond donors (Lipinski definition) is 2. The first-order valence-corrected chi connectivity index (χ1v) is 14.5. The summed E-state index contributed by atoms with van der Waals surface area (Å²) in [6.45, 7) is 11.5. The van der Waals surface area contributed by atoms with E-state index in [1.54, 1.807) is 18.5 Å². The molecule has 2 aliphatic rings. The lowest BCUT2D eigenvalue weighted by Crippen LogP contribution is -2.56. The molecule has 0 spiro atoms. The molecule has 1 unspecified atom stereocenters. The predicted octanol–water partition coefficient (Wildman–Crippen LogP) is 5.69. The van der Waals surface area contributed by atoms with Crippen LogP contribution < -0.4 is 10.2 Å². The van der Waals surface area contributed by atoms with E-state index in [9.17, 15) is 18.4 Å². The number of nitrogens with zero attached hydrogens (tertiary/aromatic N) is 4. The summed E-state index contributed by atoms with van der Waals surface area (Å²) in [7, 11) is 0. The summed E-state index contributed by atoms with van der Waals surface area (Å²) in [5.41, 5.74) is 0.444. The molecule has 3 heterocycles. The molecular formula is C32H41F2N5O4. The van der Waals surface area contributed by atoms with E-state index < -0.39 is 29.2 Å². The van der Waals surface area contributed by atoms with Crippen molar-refractivity contribution in [2.24, 2.45) is 5.41 Å². The minimum absolute atomic E-state index is 0.0579. The van der Waals surface area contributed by atoms with Gasteiger partial charge in [-0.2, -0.15) is 0 Å². The second kappa shape index (κ2) is 15.3. The van der Waals surface area contributed by atoms with E-state index >= 15 is 0 Å². The van der Waals surface area contributed by atoms with Gasteiger partial charge >= 0.3 is 6.09 Å². The van der Waals surface area contributed by atoms with Crippen LogP contribution in [0.5, 0.6) is 5.75 Å². The molecule has 0 radical (unpaired) electrons. The Hall–Kier alpha value is -4.28. The lowest BCUT2D eigenvalue weighted by atomic mass is 9.85. The summed E-state index contributed by atoms with van der Waals surface area (Å²) in [6.07, 6.45) is 4.64. The number of benzene rings is 2. The number of phenols is 1. The van der Waals surface area contributed by atoms with Crippen molar-refractivity contribution in [2.75, 3.05) is 18.0 Å². The molecule has 2 saturated heterocycles. The standard InChI is InChI=1S/C24H31N5O3.C6H4F2O.C2H6/c1-24(2,3)20(27-23(31)32-16-17-8-5-4-6-9-17)21(30)28-14-10-19-18(28)11-15-29(19)22-25-12-7-13-26-22;7-5-2-1-4(9)3-6(5)8;1-2/h4-9,12-13,18-20H,10-11,14-16H2,1-3H3,(H,27,31);1-3,9H;1-2H3/t18-,19-,20?;;/m1../s1. The summed E-state index contributed by atoms with van der Waals surface area (Å²) in [5.74, 6) is -1.60. The fourth-order valence-corrected chi connectivity index (χ4v) is 5.13. The Morgan fingerprint density at radius 2 is 1.63 bits per heavy atom. The van der Waals surface area contributed by atoms with Crippen LogP contribution in [0.2, 0.25) is 0 Å². The number of nitrogens with one attached hydrogen (secondary N) is 1. The van der Waals surface area contributed by atoms with Crippen molar-refractivity contribution < 1.29 is 28.2 Å². The topological polar surface area (TPSA) is 108 Å². The van der Waals surface area contributed by atoms with Crippen LogP contribution >= 0.6 is 0 Å². The van der Waals surface area contributed by atoms with Crippen LogP contribution in [-0.4, -0.2) is 63.2 Å². The normalized spacial score (nSPS) is 17.9. The number of ether oxygens (including phenoxy) is 1. The average Bonchev–Trinajstić information content (AvgIpc) is 3.61. The molecule has 2 fully saturated rings. The van der Waals surface area contributed by atoms with E-state index in [4.69, 9.17) is 9.84 Å². The second-order valence-electron chi connectivity index (χ2n) is 11.1. The molecule has 1 aromatic heterocycles. The van der Waals surface area contributed by atoms with Gasteiger partial charge in [-0.15, -0.1) is 0 Å². The van der Waals surface area contributed by atoms with Gasteiger partial charge in [0.15, 0.2) is 11.6 Å². The minimum Gasteiger partial charge on any atom is -0.508 e. The highest BCUT2D eigenvalue weighted by Crippen LogP contribution is 2.35. The number of carbonyl (C=O) groups excluding carboxylic acids is 2. The lowest BCUT2D eigenvalue weighted by Gasteiger charge is -2.35. The van der Waals surface area contributed by atoms with Gasteiger partial charge in [-0.25, -0.2) is 23.5 Å². The quantitative estimate of drug-likeness (QED) is 0.389. The highest BCUT2D eigenvalue weighted by atomic mass is 19.2. The zero-order valence-corrected chi connectivity index (χ0v) is 25.3. The Kier molecular flexibility index (Phi) is 11.8. The predicted molar refractivity (Wildman–Crippen MR) is 160 cm³/mol. The SMILES string of the molecule is CC.CC(C)(C)C(NC(=O)OCc1ccccc1)C(=O)N1CC[C@@H]2[C@H]1CCN2c1ncccn1.Oc1ccc(F)c(F)c1. The van der Waals surface area contributed by atoms with Crippen LogP contribution in [-0.2, 0) is 16.1 Å². The van der Waals surface area contributed by atoms with Crippen LogP contribution in [0.1, 0.15) is 53.0 Å². The number of alkyl carbamates (subject to hydrolysis) is 1. The maximum atomic E-state index is 13.6. The molecule has 0 aliphatic carbocycles. The molecule has 3 atom stereocenters. The fraction of sp³-hybridized carbons (Fsp3) is 0.438. The third-order valence-electron chi connectivity index (χ3n) is 7.16. The first kappa shape index (κ1) is 33.2. The summed E-state index contributed by atoms with van der Waals surface area (Å²) >= 11 is 0. The molecule has 232 valence electrons. The number of aromatic nitrogens is 2. The van der Waals surface area contributed by atoms with Crippen LogP contribution in [0.3, 0.4) is 0 Å². The highest BCUT2D eigenvalue weighted by molar-refractivity contribution is 5.87. The summed E-state index contributed by atoms with van der Waals surface area (Å²) in [4.78, 5) is 39.0. The number of rotatable bonds is 5. The Morgan fingerprint density at radius 3 is 2.23 bits per heavy atom. The number of carbonyl (C=O) groups is 2. The Balaban J connectivity index is 0.000000390. The number of hydrogen-bond acceptors (Lipinski definition) is 7. The molecule has 2 aliphatic heterocycles. The maximum Gasteiger partial charge on any atom is 0.408 e. The summed E-state index contributed by atoms with van der Waals surface area (Å²) < 4.78 is 29.4. The van der Waals surface area contributed by atoms with Gasteiger partial charge in [0, 0.05) is 31.5 Å². The van der Waals surface area contributed by atoms with E-state index in [-0.39, 0.29) is 30.3 Å². The Bertz CT molecular complexity index is 1320. The molecule has 9 nitrogen and oxygen atoms in total. The monoisotopic (exact) mass is 597 g/mol. The minimum atomic E-state index is -1.03. The molecule has 11 heteroatoms. The second-order valence-corrected chi connectivity index (χ2v) is 11.1. The zero-order valence-electron chi connectivity index (χ0n) is 25.3. The average molecular weight is 598 g/mol. The van der Waals surface area contributed by atoms with Crippen molar-refractivity contribution in [2.45, 2.75) is 72.2 Å². The van der Waals surface area contributed by atoms with Crippen LogP contribution in [0.25, 0.3) is 0 Å². The van der Waals surface area contributed by atoms with Gasteiger partial charge in [0.1, 0.15) is 18.4 Å². The van der Waals surface area contributed by atoms with Gasteiger partial charge in [-0.3, -0.25) is 4.79 Å². The Labute approximate surface area is 251 Å². The zero-order chi connectivity index (χ0) is 31.6. The van der Waals surface area contributed by atoms with Crippen LogP contribution in [0.15, 0.2) is 67.0 Å². The van der Waals surface area contributed by atoms with Gasteiger partial charge < -0.3 is 25.0 Å². The van der Waals surface area contributed by atoms with Gasteiger partial charge in [0.2, 0.25) is 11.9 Å². The molecule has 2 aromatic carbocycles. The van der Waals surface area contributed by atoms with Gasteiger partial charge in [-0.1, -0.05) is 65.0 Å². The molecular weight excluding hydrogens is 556 g/mol. The van der Waals surface area contributed by atoms with Crippen molar-refractivity contribution in [1.82, 2.24) is 20.2 Å². The summed E-state index contributed by atoms with van der Waals surface area (Å²) in [6, 6.07) is 13.6. The van der Waals surface area contributed by atoms with E-state index in [1.165, 1.54) is 0 Å². The number of anilines is 1. The summed E-state index contributed by atoms with van der Waals surface area (Å²) in [5, 5.41) is 11.4. The van der Waals surface area contributed by atoms with Gasteiger partial charge in [-0.05, 0) is 42.0 Å². The number of aromatic hydroxyl groups is 1. The van der Waals surface area contributed by atoms with Crippen molar-refractivity contribution in [3.63, 3.8) is 0 Å². The van der Waals surface area contributed by atoms with E-state index in [2.05, 4.69) is 20.2 Å². The highest BCUT2D eigenvalue weighted by Gasteiger charge is 2.48. The molecule has 2 amide bonds. The van der Waals surface area contributed by atoms with E-state index in [0.29, 0.717) is 12.5 Å². The van der Waals surface area contributed by atoms with Gasteiger partial charge in [0.25, 0.3) is 0 Å².